The Labute approximate surface area is 176 Å². The lowest BCUT2D eigenvalue weighted by Crippen LogP contribution is -2.34. The van der Waals surface area contributed by atoms with E-state index in [1.165, 1.54) is 31.6 Å². The Morgan fingerprint density at radius 1 is 1.10 bits per heavy atom. The van der Waals surface area contributed by atoms with Gasteiger partial charge in [0.15, 0.2) is 11.5 Å². The largest absolute Gasteiger partial charge is 0.493 e. The number of nitrogens with zero attached hydrogens (tertiary/aromatic N) is 1. The van der Waals surface area contributed by atoms with E-state index < -0.39 is 11.8 Å². The minimum absolute atomic E-state index is 0.216. The van der Waals surface area contributed by atoms with Crippen molar-refractivity contribution in [2.24, 2.45) is 5.10 Å². The molecule has 2 aromatic carbocycles. The minimum Gasteiger partial charge on any atom is -0.493 e. The maximum absolute atomic E-state index is 12.2. The molecule has 2 N–H and O–H groups in total. The molecule has 0 spiro atoms. The number of amides is 2. The van der Waals surface area contributed by atoms with E-state index in [1.54, 1.807) is 18.3 Å². The predicted octanol–water partition coefficient (Wildman–Crippen LogP) is 3.45. The van der Waals surface area contributed by atoms with E-state index in [4.69, 9.17) is 21.1 Å². The Morgan fingerprint density at radius 3 is 2.66 bits per heavy atom. The van der Waals surface area contributed by atoms with Crippen molar-refractivity contribution in [2.45, 2.75) is 0 Å². The van der Waals surface area contributed by atoms with Crippen molar-refractivity contribution in [1.82, 2.24) is 10.7 Å². The van der Waals surface area contributed by atoms with Gasteiger partial charge < -0.3 is 14.8 Å². The van der Waals surface area contributed by atoms with Crippen LogP contribution in [0.4, 0.5) is 0 Å². The summed E-state index contributed by atoms with van der Waals surface area (Å²) in [6, 6.07) is 12.3. The maximum atomic E-state index is 12.2. The van der Waals surface area contributed by atoms with Crippen LogP contribution in [-0.2, 0) is 4.79 Å². The Kier molecular flexibility index (Phi) is 6.69. The van der Waals surface area contributed by atoms with Gasteiger partial charge in [0.1, 0.15) is 0 Å². The fraction of sp³-hybridized carbons (Fsp3) is 0.150. The van der Waals surface area contributed by atoms with Crippen LogP contribution in [-0.4, -0.2) is 38.8 Å². The molecular formula is C20H18ClN3O4S. The number of hydrogen-bond acceptors (Lipinski definition) is 6. The summed E-state index contributed by atoms with van der Waals surface area (Å²) in [5.41, 5.74) is 2.74. The van der Waals surface area contributed by atoms with Gasteiger partial charge in [-0.1, -0.05) is 17.7 Å². The number of thiophene rings is 1. The Morgan fingerprint density at radius 2 is 1.90 bits per heavy atom. The van der Waals surface area contributed by atoms with E-state index >= 15 is 0 Å². The van der Waals surface area contributed by atoms with E-state index in [0.717, 1.165) is 15.0 Å². The first-order chi connectivity index (χ1) is 14.0. The molecule has 0 aliphatic rings. The van der Waals surface area contributed by atoms with Crippen molar-refractivity contribution < 1.29 is 19.1 Å². The fourth-order valence-electron chi connectivity index (χ4n) is 2.54. The van der Waals surface area contributed by atoms with Crippen molar-refractivity contribution in [3.8, 4) is 11.5 Å². The molecule has 0 aliphatic heterocycles. The minimum atomic E-state index is -0.445. The molecule has 1 aromatic heterocycles. The second-order valence-electron chi connectivity index (χ2n) is 5.88. The van der Waals surface area contributed by atoms with Crippen molar-refractivity contribution in [3.63, 3.8) is 0 Å². The van der Waals surface area contributed by atoms with Crippen molar-refractivity contribution in [3.05, 3.63) is 57.9 Å². The van der Waals surface area contributed by atoms with Gasteiger partial charge in [-0.15, -0.1) is 11.3 Å². The van der Waals surface area contributed by atoms with Gasteiger partial charge in [-0.2, -0.15) is 5.10 Å². The number of nitrogens with one attached hydrogen (secondary N) is 2. The lowest BCUT2D eigenvalue weighted by atomic mass is 10.2. The van der Waals surface area contributed by atoms with Crippen LogP contribution in [0.1, 0.15) is 15.2 Å². The number of ether oxygens (including phenoxy) is 2. The first kappa shape index (κ1) is 20.6. The molecule has 0 unspecified atom stereocenters. The summed E-state index contributed by atoms with van der Waals surface area (Å²) in [6.45, 7) is -0.216. The molecule has 0 atom stereocenters. The lowest BCUT2D eigenvalue weighted by molar-refractivity contribution is -0.120. The number of halogens is 1. The average molecular weight is 432 g/mol. The van der Waals surface area contributed by atoms with Crippen molar-refractivity contribution in [2.75, 3.05) is 20.8 Å². The topological polar surface area (TPSA) is 89.0 Å². The zero-order valence-corrected chi connectivity index (χ0v) is 17.3. The van der Waals surface area contributed by atoms with Crippen LogP contribution in [0.15, 0.2) is 47.6 Å². The first-order valence-corrected chi connectivity index (χ1v) is 9.71. The summed E-state index contributed by atoms with van der Waals surface area (Å²) in [7, 11) is 2.99. The molecule has 0 bridgehead atoms. The maximum Gasteiger partial charge on any atom is 0.259 e. The van der Waals surface area contributed by atoms with Crippen LogP contribution in [0, 0.1) is 0 Å². The molecule has 0 saturated heterocycles. The number of hydrazone groups is 1. The highest BCUT2D eigenvalue weighted by Crippen LogP contribution is 2.28. The van der Waals surface area contributed by atoms with Gasteiger partial charge >= 0.3 is 0 Å². The number of methoxy groups -OCH3 is 2. The van der Waals surface area contributed by atoms with Gasteiger partial charge in [-0.05, 0) is 41.8 Å². The van der Waals surface area contributed by atoms with Crippen molar-refractivity contribution >= 4 is 51.1 Å². The Balaban J connectivity index is 1.52. The Bertz CT molecular complexity index is 1080. The lowest BCUT2D eigenvalue weighted by Gasteiger charge is -2.09. The van der Waals surface area contributed by atoms with Gasteiger partial charge in [-0.3, -0.25) is 9.59 Å². The fourth-order valence-corrected chi connectivity index (χ4v) is 3.75. The molecule has 0 fully saturated rings. The molecule has 150 valence electrons. The quantitative estimate of drug-likeness (QED) is 0.443. The molecule has 1 heterocycles. The van der Waals surface area contributed by atoms with Gasteiger partial charge in [-0.25, -0.2) is 5.43 Å². The summed E-state index contributed by atoms with van der Waals surface area (Å²) in [5.74, 6) is 0.0872. The van der Waals surface area contributed by atoms with Gasteiger partial charge in [0.05, 0.1) is 27.0 Å². The summed E-state index contributed by atoms with van der Waals surface area (Å²) in [6.07, 6.45) is 1.55. The first-order valence-electron chi connectivity index (χ1n) is 8.51. The second-order valence-corrected chi connectivity index (χ2v) is 7.43. The number of fused-ring (bicyclic) bond motifs is 1. The molecule has 7 nitrogen and oxygen atoms in total. The highest BCUT2D eigenvalue weighted by molar-refractivity contribution is 7.20. The monoisotopic (exact) mass is 431 g/mol. The van der Waals surface area contributed by atoms with E-state index in [0.29, 0.717) is 22.1 Å². The molecular weight excluding hydrogens is 414 g/mol. The van der Waals surface area contributed by atoms with Crippen LogP contribution in [0.25, 0.3) is 10.1 Å². The van der Waals surface area contributed by atoms with Crippen LogP contribution in [0.2, 0.25) is 5.02 Å². The number of carbonyl (C=O) groups excluding carboxylic acids is 2. The summed E-state index contributed by atoms with van der Waals surface area (Å²) >= 11 is 7.49. The second kappa shape index (κ2) is 9.40. The standard InChI is InChI=1S/C20H18ClN3O4S/c1-27-16-6-4-13(8-17(16)28-2)20(26)22-11-19(25)24-23-10-15-7-12-3-5-14(21)9-18(12)29-15/h3-10H,11H2,1-2H3,(H,22,26)(H,24,25)/b23-10+. The summed E-state index contributed by atoms with van der Waals surface area (Å²) in [5, 5.41) is 8.17. The zero-order chi connectivity index (χ0) is 20.8. The zero-order valence-electron chi connectivity index (χ0n) is 15.7. The normalized spacial score (nSPS) is 10.9. The number of rotatable bonds is 7. The SMILES string of the molecule is COc1ccc(C(=O)NCC(=O)N/N=C/c2cc3ccc(Cl)cc3s2)cc1OC. The van der Waals surface area contributed by atoms with E-state index in [2.05, 4.69) is 15.8 Å². The highest BCUT2D eigenvalue weighted by Gasteiger charge is 2.11. The average Bonchev–Trinajstić information content (AvgIpc) is 3.13. The third-order valence-corrected chi connectivity index (χ3v) is 5.20. The highest BCUT2D eigenvalue weighted by atomic mass is 35.5. The summed E-state index contributed by atoms with van der Waals surface area (Å²) < 4.78 is 11.3. The molecule has 3 rings (SSSR count). The van der Waals surface area contributed by atoms with Gasteiger partial charge in [0.2, 0.25) is 0 Å². The van der Waals surface area contributed by atoms with Crippen LogP contribution in [0.3, 0.4) is 0 Å². The molecule has 3 aromatic rings. The molecule has 29 heavy (non-hydrogen) atoms. The molecule has 9 heteroatoms. The third-order valence-electron chi connectivity index (χ3n) is 3.94. The third kappa shape index (κ3) is 5.24. The Hall–Kier alpha value is -3.10. The van der Waals surface area contributed by atoms with Crippen LogP contribution in [0.5, 0.6) is 11.5 Å². The van der Waals surface area contributed by atoms with Crippen LogP contribution >= 0.6 is 22.9 Å². The predicted molar refractivity (Wildman–Crippen MR) is 114 cm³/mol. The summed E-state index contributed by atoms with van der Waals surface area (Å²) in [4.78, 5) is 25.0. The smallest absolute Gasteiger partial charge is 0.259 e. The van der Waals surface area contributed by atoms with E-state index in [9.17, 15) is 9.59 Å². The van der Waals surface area contributed by atoms with Gasteiger partial charge in [0.25, 0.3) is 11.8 Å². The van der Waals surface area contributed by atoms with Gasteiger partial charge in [0, 0.05) is 20.2 Å². The number of benzene rings is 2. The van der Waals surface area contributed by atoms with E-state index in [-0.39, 0.29) is 6.54 Å². The number of carbonyl (C=O) groups is 2. The number of hydrogen-bond donors (Lipinski definition) is 2. The van der Waals surface area contributed by atoms with E-state index in [1.807, 2.05) is 24.3 Å². The molecule has 0 aliphatic carbocycles. The van der Waals surface area contributed by atoms with Crippen LogP contribution < -0.4 is 20.2 Å². The molecule has 0 radical (unpaired) electrons. The molecule has 2 amide bonds. The van der Waals surface area contributed by atoms with Crippen molar-refractivity contribution in [1.29, 1.82) is 0 Å². The molecule has 0 saturated carbocycles.